The molecule has 1 aromatic heterocycles. The number of hydrogen-bond acceptors (Lipinski definition) is 3. The summed E-state index contributed by atoms with van der Waals surface area (Å²) in [5.41, 5.74) is 1.58. The van der Waals surface area contributed by atoms with Crippen LogP contribution in [0.15, 0.2) is 42.7 Å². The number of rotatable bonds is 6. The van der Waals surface area contributed by atoms with E-state index in [0.29, 0.717) is 12.1 Å². The molecule has 116 valence electrons. The minimum atomic E-state index is -0.260. The van der Waals surface area contributed by atoms with Crippen LogP contribution in [0, 0.1) is 0 Å². The number of nitrogens with zero attached hydrogens (tertiary/aromatic N) is 2. The van der Waals surface area contributed by atoms with Crippen LogP contribution in [0.4, 0.5) is 0 Å². The Morgan fingerprint density at radius 2 is 1.95 bits per heavy atom. The van der Waals surface area contributed by atoms with Gasteiger partial charge in [0, 0.05) is 24.0 Å². The number of amides is 2. The molecule has 6 heteroatoms. The van der Waals surface area contributed by atoms with Gasteiger partial charge in [0.05, 0.1) is 13.1 Å². The van der Waals surface area contributed by atoms with E-state index in [1.165, 1.54) is 0 Å². The highest BCUT2D eigenvalue weighted by Gasteiger charge is 2.08. The average Bonchev–Trinajstić information content (AvgIpc) is 2.98. The third-order valence-electron chi connectivity index (χ3n) is 2.98. The van der Waals surface area contributed by atoms with Gasteiger partial charge in [0.1, 0.15) is 0 Å². The minimum Gasteiger partial charge on any atom is -0.352 e. The van der Waals surface area contributed by atoms with E-state index in [4.69, 9.17) is 0 Å². The Balaban J connectivity index is 1.87. The fourth-order valence-corrected chi connectivity index (χ4v) is 1.98. The lowest BCUT2D eigenvalue weighted by Gasteiger charge is -2.09. The summed E-state index contributed by atoms with van der Waals surface area (Å²) in [6.07, 6.45) is 3.61. The number of hydrogen-bond donors (Lipinski definition) is 2. The van der Waals surface area contributed by atoms with Gasteiger partial charge in [-0.05, 0) is 37.6 Å². The van der Waals surface area contributed by atoms with Gasteiger partial charge >= 0.3 is 0 Å². The van der Waals surface area contributed by atoms with Gasteiger partial charge in [0.15, 0.2) is 0 Å². The molecular weight excluding hydrogens is 280 g/mol. The van der Waals surface area contributed by atoms with Crippen LogP contribution in [0.3, 0.4) is 0 Å². The zero-order valence-electron chi connectivity index (χ0n) is 12.7. The summed E-state index contributed by atoms with van der Waals surface area (Å²) in [5, 5.41) is 9.46. The van der Waals surface area contributed by atoms with Gasteiger partial charge in [-0.15, -0.1) is 0 Å². The molecule has 0 fully saturated rings. The van der Waals surface area contributed by atoms with Crippen molar-refractivity contribution in [2.45, 2.75) is 26.4 Å². The van der Waals surface area contributed by atoms with E-state index in [-0.39, 0.29) is 24.4 Å². The van der Waals surface area contributed by atoms with Crippen LogP contribution in [0.25, 0.3) is 0 Å². The SMILES string of the molecule is CC(C)NC(=O)CNC(=O)c1ccc(Cn2cccn2)cc1. The van der Waals surface area contributed by atoms with Gasteiger partial charge in [-0.2, -0.15) is 5.10 Å². The lowest BCUT2D eigenvalue weighted by molar-refractivity contribution is -0.120. The number of benzene rings is 1. The van der Waals surface area contributed by atoms with E-state index >= 15 is 0 Å². The molecule has 1 aromatic carbocycles. The Labute approximate surface area is 129 Å². The van der Waals surface area contributed by atoms with Crippen molar-refractivity contribution in [1.29, 1.82) is 0 Å². The molecule has 0 bridgehead atoms. The zero-order chi connectivity index (χ0) is 15.9. The molecule has 0 aliphatic rings. The number of nitrogens with one attached hydrogen (secondary N) is 2. The first-order valence-corrected chi connectivity index (χ1v) is 7.18. The second-order valence-corrected chi connectivity index (χ2v) is 5.31. The molecule has 0 radical (unpaired) electrons. The highest BCUT2D eigenvalue weighted by atomic mass is 16.2. The minimum absolute atomic E-state index is 0.0218. The van der Waals surface area contributed by atoms with Crippen molar-refractivity contribution in [1.82, 2.24) is 20.4 Å². The Hall–Kier alpha value is -2.63. The van der Waals surface area contributed by atoms with Gasteiger partial charge in [-0.25, -0.2) is 0 Å². The normalized spacial score (nSPS) is 10.5. The van der Waals surface area contributed by atoms with E-state index in [1.54, 1.807) is 18.3 Å². The Bertz CT molecular complexity index is 618. The monoisotopic (exact) mass is 300 g/mol. The molecule has 1 heterocycles. The summed E-state index contributed by atoms with van der Waals surface area (Å²) in [7, 11) is 0. The highest BCUT2D eigenvalue weighted by Crippen LogP contribution is 2.06. The van der Waals surface area contributed by atoms with E-state index in [2.05, 4.69) is 15.7 Å². The topological polar surface area (TPSA) is 76.0 Å². The lowest BCUT2D eigenvalue weighted by atomic mass is 10.1. The van der Waals surface area contributed by atoms with Crippen molar-refractivity contribution >= 4 is 11.8 Å². The molecule has 0 saturated carbocycles. The highest BCUT2D eigenvalue weighted by molar-refractivity contribution is 5.96. The molecule has 0 spiro atoms. The molecular formula is C16H20N4O2. The van der Waals surface area contributed by atoms with Gasteiger partial charge < -0.3 is 10.6 Å². The number of carbonyl (C=O) groups is 2. The summed E-state index contributed by atoms with van der Waals surface area (Å²) >= 11 is 0. The molecule has 0 saturated heterocycles. The third-order valence-corrected chi connectivity index (χ3v) is 2.98. The summed E-state index contributed by atoms with van der Waals surface area (Å²) in [6.45, 7) is 4.38. The molecule has 0 aliphatic carbocycles. The Morgan fingerprint density at radius 1 is 1.23 bits per heavy atom. The second-order valence-electron chi connectivity index (χ2n) is 5.31. The standard InChI is InChI=1S/C16H20N4O2/c1-12(2)19-15(21)10-17-16(22)14-6-4-13(5-7-14)11-20-9-3-8-18-20/h3-9,12H,10-11H2,1-2H3,(H,17,22)(H,19,21). The van der Waals surface area contributed by atoms with Crippen molar-refractivity contribution in [2.75, 3.05) is 6.54 Å². The van der Waals surface area contributed by atoms with Gasteiger partial charge in [-0.3, -0.25) is 14.3 Å². The molecule has 0 atom stereocenters. The Morgan fingerprint density at radius 3 is 2.55 bits per heavy atom. The van der Waals surface area contributed by atoms with Crippen LogP contribution >= 0.6 is 0 Å². The maximum atomic E-state index is 12.0. The van der Waals surface area contributed by atoms with Crippen LogP contribution in [-0.2, 0) is 11.3 Å². The largest absolute Gasteiger partial charge is 0.352 e. The van der Waals surface area contributed by atoms with Crippen LogP contribution in [0.1, 0.15) is 29.8 Å². The zero-order valence-corrected chi connectivity index (χ0v) is 12.7. The van der Waals surface area contributed by atoms with Gasteiger partial charge in [-0.1, -0.05) is 12.1 Å². The third kappa shape index (κ3) is 4.73. The quantitative estimate of drug-likeness (QED) is 0.841. The summed E-state index contributed by atoms with van der Waals surface area (Å²) < 4.78 is 1.81. The van der Waals surface area contributed by atoms with Crippen LogP contribution in [0.5, 0.6) is 0 Å². The lowest BCUT2D eigenvalue weighted by Crippen LogP contribution is -2.39. The van der Waals surface area contributed by atoms with Crippen molar-refractivity contribution in [3.63, 3.8) is 0 Å². The smallest absolute Gasteiger partial charge is 0.251 e. The predicted molar refractivity (Wildman–Crippen MR) is 83.4 cm³/mol. The maximum absolute atomic E-state index is 12.0. The van der Waals surface area contributed by atoms with Crippen molar-refractivity contribution in [3.8, 4) is 0 Å². The van der Waals surface area contributed by atoms with E-state index < -0.39 is 0 Å². The molecule has 0 aliphatic heterocycles. The van der Waals surface area contributed by atoms with Crippen molar-refractivity contribution in [3.05, 3.63) is 53.9 Å². The first-order valence-electron chi connectivity index (χ1n) is 7.18. The fourth-order valence-electron chi connectivity index (χ4n) is 1.98. The van der Waals surface area contributed by atoms with Gasteiger partial charge in [0.2, 0.25) is 5.91 Å². The second kappa shape index (κ2) is 7.40. The van der Waals surface area contributed by atoms with Crippen LogP contribution in [0.2, 0.25) is 0 Å². The molecule has 2 aromatic rings. The van der Waals surface area contributed by atoms with Crippen LogP contribution < -0.4 is 10.6 Å². The van der Waals surface area contributed by atoms with Crippen molar-refractivity contribution in [2.24, 2.45) is 0 Å². The fraction of sp³-hybridized carbons (Fsp3) is 0.312. The molecule has 2 rings (SSSR count). The molecule has 2 amide bonds. The molecule has 22 heavy (non-hydrogen) atoms. The number of carbonyl (C=O) groups excluding carboxylic acids is 2. The van der Waals surface area contributed by atoms with Crippen molar-refractivity contribution < 1.29 is 9.59 Å². The average molecular weight is 300 g/mol. The van der Waals surface area contributed by atoms with E-state index in [9.17, 15) is 9.59 Å². The first-order chi connectivity index (χ1) is 10.5. The van der Waals surface area contributed by atoms with Gasteiger partial charge in [0.25, 0.3) is 5.91 Å². The summed E-state index contributed by atoms with van der Waals surface area (Å²) in [6, 6.07) is 9.17. The van der Waals surface area contributed by atoms with E-state index in [1.807, 2.05) is 42.9 Å². The van der Waals surface area contributed by atoms with E-state index in [0.717, 1.165) is 5.56 Å². The number of aromatic nitrogens is 2. The molecule has 0 unspecified atom stereocenters. The first kappa shape index (κ1) is 15.8. The maximum Gasteiger partial charge on any atom is 0.251 e. The molecule has 2 N–H and O–H groups in total. The summed E-state index contributed by atoms with van der Waals surface area (Å²) in [5.74, 6) is -0.455. The van der Waals surface area contributed by atoms with Crippen LogP contribution in [-0.4, -0.2) is 34.2 Å². The summed E-state index contributed by atoms with van der Waals surface area (Å²) in [4.78, 5) is 23.4. The molecule has 6 nitrogen and oxygen atoms in total. The Kier molecular flexibility index (Phi) is 5.30. The predicted octanol–water partition coefficient (Wildman–Crippen LogP) is 1.19.